The number of hydrogen-bond acceptors (Lipinski definition) is 2. The molecule has 0 bridgehead atoms. The molecule has 2 N–H and O–H groups in total. The molecule has 1 saturated heterocycles. The molecule has 1 aromatic rings. The van der Waals surface area contributed by atoms with Gasteiger partial charge in [0.25, 0.3) is 0 Å². The average molecular weight is 274 g/mol. The fourth-order valence-electron chi connectivity index (χ4n) is 2.56. The van der Waals surface area contributed by atoms with Gasteiger partial charge in [-0.05, 0) is 33.4 Å². The van der Waals surface area contributed by atoms with Gasteiger partial charge in [0.15, 0.2) is 5.96 Å². The molecule has 20 heavy (non-hydrogen) atoms. The molecule has 1 aliphatic heterocycles. The highest BCUT2D eigenvalue weighted by Gasteiger charge is 2.28. The molecule has 1 atom stereocenters. The monoisotopic (exact) mass is 274 g/mol. The number of hydrogen-bond donors (Lipinski definition) is 1. The lowest BCUT2D eigenvalue weighted by atomic mass is 10.0. The van der Waals surface area contributed by atoms with Crippen molar-refractivity contribution in [3.63, 3.8) is 0 Å². The topological polar surface area (TPSA) is 44.9 Å². The molecular formula is C16H26N4. The third-order valence-corrected chi connectivity index (χ3v) is 3.51. The molecule has 1 aliphatic rings. The van der Waals surface area contributed by atoms with Crippen LogP contribution in [-0.4, -0.2) is 48.0 Å². The Morgan fingerprint density at radius 2 is 1.85 bits per heavy atom. The van der Waals surface area contributed by atoms with Crippen LogP contribution in [0.2, 0.25) is 0 Å². The number of likely N-dealkylation sites (N-methyl/N-ethyl adjacent to an activating group) is 1. The zero-order valence-electron chi connectivity index (χ0n) is 13.0. The van der Waals surface area contributed by atoms with E-state index >= 15 is 0 Å². The van der Waals surface area contributed by atoms with E-state index in [0.717, 1.165) is 19.6 Å². The number of piperazine rings is 1. The third-order valence-electron chi connectivity index (χ3n) is 3.51. The Morgan fingerprint density at radius 3 is 2.45 bits per heavy atom. The Labute approximate surface area is 122 Å². The lowest BCUT2D eigenvalue weighted by molar-refractivity contribution is 0.149. The van der Waals surface area contributed by atoms with E-state index < -0.39 is 0 Å². The van der Waals surface area contributed by atoms with Crippen LogP contribution in [0.5, 0.6) is 0 Å². The van der Waals surface area contributed by atoms with Gasteiger partial charge in [0.2, 0.25) is 0 Å². The maximum atomic E-state index is 6.27. The molecule has 1 fully saturated rings. The first kappa shape index (κ1) is 14.9. The van der Waals surface area contributed by atoms with Crippen LogP contribution >= 0.6 is 0 Å². The summed E-state index contributed by atoms with van der Waals surface area (Å²) in [6, 6.07) is 10.8. The molecule has 2 rings (SSSR count). The van der Waals surface area contributed by atoms with Gasteiger partial charge in [-0.15, -0.1) is 0 Å². The van der Waals surface area contributed by atoms with Gasteiger partial charge < -0.3 is 15.5 Å². The Kier molecular flexibility index (Phi) is 4.33. The van der Waals surface area contributed by atoms with Crippen LogP contribution in [0.4, 0.5) is 0 Å². The van der Waals surface area contributed by atoms with Crippen LogP contribution in [0.1, 0.15) is 32.4 Å². The van der Waals surface area contributed by atoms with Gasteiger partial charge in [0.05, 0.1) is 11.6 Å². The number of benzene rings is 1. The summed E-state index contributed by atoms with van der Waals surface area (Å²) < 4.78 is 0. The minimum absolute atomic E-state index is 0.144. The van der Waals surface area contributed by atoms with Gasteiger partial charge in [0, 0.05) is 19.6 Å². The maximum absolute atomic E-state index is 6.27. The standard InChI is InChI=1S/C16H26N4/c1-16(2,3)18-15(17)20-11-10-19(4)12-14(20)13-8-6-5-7-9-13/h5-9,14H,10-12H2,1-4H3,(H2,17,18). The van der Waals surface area contributed by atoms with E-state index in [1.54, 1.807) is 0 Å². The maximum Gasteiger partial charge on any atom is 0.192 e. The second-order valence-corrected chi connectivity index (χ2v) is 6.52. The number of nitrogens with zero attached hydrogens (tertiary/aromatic N) is 3. The highest BCUT2D eigenvalue weighted by Crippen LogP contribution is 2.25. The summed E-state index contributed by atoms with van der Waals surface area (Å²) in [4.78, 5) is 9.22. The van der Waals surface area contributed by atoms with Crippen molar-refractivity contribution in [2.45, 2.75) is 32.4 Å². The first-order valence-electron chi connectivity index (χ1n) is 7.22. The van der Waals surface area contributed by atoms with Crippen molar-refractivity contribution in [1.29, 1.82) is 0 Å². The summed E-state index contributed by atoms with van der Waals surface area (Å²) in [5.74, 6) is 0.652. The molecule has 1 unspecified atom stereocenters. The molecule has 0 aliphatic carbocycles. The van der Waals surface area contributed by atoms with Crippen molar-refractivity contribution < 1.29 is 0 Å². The van der Waals surface area contributed by atoms with Gasteiger partial charge in [0.1, 0.15) is 0 Å². The summed E-state index contributed by atoms with van der Waals surface area (Å²) in [7, 11) is 2.16. The van der Waals surface area contributed by atoms with Crippen LogP contribution in [-0.2, 0) is 0 Å². The van der Waals surface area contributed by atoms with Crippen molar-refractivity contribution in [1.82, 2.24) is 9.80 Å². The van der Waals surface area contributed by atoms with Gasteiger partial charge in [-0.3, -0.25) is 0 Å². The summed E-state index contributed by atoms with van der Waals surface area (Å²) in [6.07, 6.45) is 0. The lowest BCUT2D eigenvalue weighted by Crippen LogP contribution is -2.52. The van der Waals surface area contributed by atoms with E-state index in [2.05, 4.69) is 66.9 Å². The molecule has 0 saturated carbocycles. The van der Waals surface area contributed by atoms with E-state index in [9.17, 15) is 0 Å². The van der Waals surface area contributed by atoms with E-state index in [1.165, 1.54) is 5.56 Å². The van der Waals surface area contributed by atoms with Crippen LogP contribution in [0.15, 0.2) is 35.3 Å². The highest BCUT2D eigenvalue weighted by atomic mass is 15.3. The first-order valence-corrected chi connectivity index (χ1v) is 7.22. The minimum atomic E-state index is -0.144. The highest BCUT2D eigenvalue weighted by molar-refractivity contribution is 5.79. The molecule has 0 radical (unpaired) electrons. The van der Waals surface area contributed by atoms with Gasteiger partial charge in [-0.1, -0.05) is 30.3 Å². The number of rotatable bonds is 1. The quantitative estimate of drug-likeness (QED) is 0.630. The molecular weight excluding hydrogens is 248 g/mol. The molecule has 1 heterocycles. The number of nitrogens with two attached hydrogens (primary N) is 1. The van der Waals surface area contributed by atoms with E-state index in [-0.39, 0.29) is 11.6 Å². The molecule has 4 nitrogen and oxygen atoms in total. The minimum Gasteiger partial charge on any atom is -0.370 e. The Bertz CT molecular complexity index is 461. The fourth-order valence-corrected chi connectivity index (χ4v) is 2.56. The second kappa shape index (κ2) is 5.83. The van der Waals surface area contributed by atoms with Crippen LogP contribution in [0, 0.1) is 0 Å². The Hall–Kier alpha value is -1.55. The van der Waals surface area contributed by atoms with Crippen molar-refractivity contribution in [3.05, 3.63) is 35.9 Å². The summed E-state index contributed by atoms with van der Waals surface area (Å²) in [6.45, 7) is 9.14. The second-order valence-electron chi connectivity index (χ2n) is 6.52. The van der Waals surface area contributed by atoms with Crippen molar-refractivity contribution in [2.75, 3.05) is 26.7 Å². The zero-order chi connectivity index (χ0) is 14.8. The largest absolute Gasteiger partial charge is 0.370 e. The summed E-state index contributed by atoms with van der Waals surface area (Å²) >= 11 is 0. The van der Waals surface area contributed by atoms with E-state index in [1.807, 2.05) is 6.07 Å². The Balaban J connectivity index is 2.28. The van der Waals surface area contributed by atoms with Crippen LogP contribution < -0.4 is 5.73 Å². The fraction of sp³-hybridized carbons (Fsp3) is 0.562. The molecule has 0 amide bonds. The average Bonchev–Trinajstić information content (AvgIpc) is 2.37. The summed E-state index contributed by atoms with van der Waals surface area (Å²) in [5.41, 5.74) is 7.42. The Morgan fingerprint density at radius 1 is 1.20 bits per heavy atom. The predicted molar refractivity (Wildman–Crippen MR) is 84.8 cm³/mol. The predicted octanol–water partition coefficient (Wildman–Crippen LogP) is 2.09. The number of aliphatic imine (C=N–C) groups is 1. The van der Waals surface area contributed by atoms with E-state index in [0.29, 0.717) is 5.96 Å². The van der Waals surface area contributed by atoms with Crippen LogP contribution in [0.25, 0.3) is 0 Å². The molecule has 0 spiro atoms. The van der Waals surface area contributed by atoms with Gasteiger partial charge in [-0.25, -0.2) is 4.99 Å². The smallest absolute Gasteiger partial charge is 0.192 e. The van der Waals surface area contributed by atoms with Crippen molar-refractivity contribution >= 4 is 5.96 Å². The molecule has 4 heteroatoms. The van der Waals surface area contributed by atoms with Crippen molar-refractivity contribution in [3.8, 4) is 0 Å². The van der Waals surface area contributed by atoms with Gasteiger partial charge >= 0.3 is 0 Å². The third kappa shape index (κ3) is 3.73. The molecule has 0 aromatic heterocycles. The van der Waals surface area contributed by atoms with E-state index in [4.69, 9.17) is 5.73 Å². The summed E-state index contributed by atoms with van der Waals surface area (Å²) in [5, 5.41) is 0. The lowest BCUT2D eigenvalue weighted by Gasteiger charge is -2.41. The molecule has 1 aromatic carbocycles. The van der Waals surface area contributed by atoms with Gasteiger partial charge in [-0.2, -0.15) is 0 Å². The first-order chi connectivity index (χ1) is 9.37. The van der Waals surface area contributed by atoms with Crippen molar-refractivity contribution in [2.24, 2.45) is 10.7 Å². The number of guanidine groups is 1. The normalized spacial score (nSPS) is 22.1. The molecule has 110 valence electrons. The SMILES string of the molecule is CN1CCN(C(N)=NC(C)(C)C)C(c2ccccc2)C1. The van der Waals surface area contributed by atoms with Crippen LogP contribution in [0.3, 0.4) is 0 Å². The zero-order valence-corrected chi connectivity index (χ0v) is 13.0.